The van der Waals surface area contributed by atoms with Gasteiger partial charge in [0, 0.05) is 25.8 Å². The van der Waals surface area contributed by atoms with Crippen LogP contribution in [0.5, 0.6) is 0 Å². The predicted molar refractivity (Wildman–Crippen MR) is 60.4 cm³/mol. The lowest BCUT2D eigenvalue weighted by atomic mass is 10.0. The normalized spacial score (nSPS) is 34.1. The zero-order valence-electron chi connectivity index (χ0n) is 9.92. The summed E-state index contributed by atoms with van der Waals surface area (Å²) in [5.41, 5.74) is -1.39. The van der Waals surface area contributed by atoms with Crippen molar-refractivity contribution in [3.63, 3.8) is 0 Å². The Bertz CT molecular complexity index is 565. The first-order valence-electron chi connectivity index (χ1n) is 5.73. The number of hydrogen-bond acceptors (Lipinski definition) is 5. The van der Waals surface area contributed by atoms with Crippen LogP contribution in [0.1, 0.15) is 12.6 Å². The molecule has 7 heteroatoms. The minimum absolute atomic E-state index is 0.177. The molecule has 0 spiro atoms. The number of rotatable bonds is 3. The molecule has 1 aromatic heterocycles. The quantitative estimate of drug-likeness (QED) is 0.766. The molecule has 7 nitrogen and oxygen atoms in total. The van der Waals surface area contributed by atoms with E-state index in [-0.39, 0.29) is 6.10 Å². The molecule has 18 heavy (non-hydrogen) atoms. The Morgan fingerprint density at radius 1 is 1.61 bits per heavy atom. The molecule has 2 aliphatic rings. The lowest BCUT2D eigenvalue weighted by molar-refractivity contribution is -0.187. The van der Waals surface area contributed by atoms with E-state index < -0.39 is 23.1 Å². The van der Waals surface area contributed by atoms with Gasteiger partial charge in [0.1, 0.15) is 11.7 Å². The van der Waals surface area contributed by atoms with Crippen molar-refractivity contribution in [3.05, 3.63) is 33.1 Å². The Labute approximate surface area is 102 Å². The number of ether oxygens (including phenoxy) is 3. The van der Waals surface area contributed by atoms with Gasteiger partial charge in [-0.25, -0.2) is 4.79 Å². The van der Waals surface area contributed by atoms with Gasteiger partial charge in [-0.3, -0.25) is 14.3 Å². The van der Waals surface area contributed by atoms with Crippen molar-refractivity contribution in [1.29, 1.82) is 0 Å². The molecule has 0 aromatic carbocycles. The average Bonchev–Trinajstić information content (AvgIpc) is 2.87. The van der Waals surface area contributed by atoms with Gasteiger partial charge in [0.25, 0.3) is 5.56 Å². The smallest absolute Gasteiger partial charge is 0.330 e. The van der Waals surface area contributed by atoms with E-state index in [0.717, 1.165) is 0 Å². The maximum atomic E-state index is 11.7. The first kappa shape index (κ1) is 11.6. The molecule has 3 atom stereocenters. The third-order valence-electron chi connectivity index (χ3n) is 3.36. The SMILES string of the molecule is COC[C@]12COC(C1)[C@H](n1ccc(=O)[nH]c1=O)O2. The monoisotopic (exact) mass is 254 g/mol. The van der Waals surface area contributed by atoms with Crippen LogP contribution in [0, 0.1) is 0 Å². The van der Waals surface area contributed by atoms with E-state index in [1.807, 2.05) is 0 Å². The molecule has 2 saturated heterocycles. The average molecular weight is 254 g/mol. The Hall–Kier alpha value is -1.44. The highest BCUT2D eigenvalue weighted by Crippen LogP contribution is 2.44. The molecule has 1 aromatic rings. The van der Waals surface area contributed by atoms with Crippen LogP contribution < -0.4 is 11.2 Å². The maximum Gasteiger partial charge on any atom is 0.330 e. The molecule has 2 fully saturated rings. The second-order valence-electron chi connectivity index (χ2n) is 4.70. The Kier molecular flexibility index (Phi) is 2.61. The number of aromatic nitrogens is 2. The number of nitrogens with one attached hydrogen (secondary N) is 1. The van der Waals surface area contributed by atoms with Crippen molar-refractivity contribution in [1.82, 2.24) is 9.55 Å². The van der Waals surface area contributed by atoms with Gasteiger partial charge in [-0.2, -0.15) is 0 Å². The molecule has 0 amide bonds. The van der Waals surface area contributed by atoms with E-state index in [1.165, 1.54) is 16.8 Å². The first-order valence-corrected chi connectivity index (χ1v) is 5.73. The van der Waals surface area contributed by atoms with E-state index in [4.69, 9.17) is 14.2 Å². The first-order chi connectivity index (χ1) is 8.63. The second kappa shape index (κ2) is 4.04. The van der Waals surface area contributed by atoms with Gasteiger partial charge >= 0.3 is 5.69 Å². The largest absolute Gasteiger partial charge is 0.382 e. The van der Waals surface area contributed by atoms with Crippen LogP contribution in [0.15, 0.2) is 21.9 Å². The van der Waals surface area contributed by atoms with Crippen LogP contribution in [0.3, 0.4) is 0 Å². The molecule has 98 valence electrons. The summed E-state index contributed by atoms with van der Waals surface area (Å²) in [5.74, 6) is 0. The summed E-state index contributed by atoms with van der Waals surface area (Å²) in [6.07, 6.45) is 1.44. The van der Waals surface area contributed by atoms with Crippen molar-refractivity contribution in [3.8, 4) is 0 Å². The summed E-state index contributed by atoms with van der Waals surface area (Å²) < 4.78 is 18.0. The van der Waals surface area contributed by atoms with Crippen molar-refractivity contribution >= 4 is 0 Å². The van der Waals surface area contributed by atoms with Gasteiger partial charge in [0.05, 0.1) is 13.2 Å². The molecular formula is C11H14N2O5. The third-order valence-corrected chi connectivity index (χ3v) is 3.36. The van der Waals surface area contributed by atoms with Crippen LogP contribution in [-0.4, -0.2) is 41.6 Å². The fourth-order valence-corrected chi connectivity index (χ4v) is 2.60. The lowest BCUT2D eigenvalue weighted by Crippen LogP contribution is -2.42. The summed E-state index contributed by atoms with van der Waals surface area (Å²) in [6, 6.07) is 1.29. The fraction of sp³-hybridized carbons (Fsp3) is 0.636. The number of methoxy groups -OCH3 is 1. The van der Waals surface area contributed by atoms with Crippen LogP contribution in [0.4, 0.5) is 0 Å². The van der Waals surface area contributed by atoms with Crippen LogP contribution in [0.25, 0.3) is 0 Å². The van der Waals surface area contributed by atoms with Gasteiger partial charge in [0.15, 0.2) is 6.23 Å². The number of H-pyrrole nitrogens is 1. The van der Waals surface area contributed by atoms with Gasteiger partial charge in [0.2, 0.25) is 0 Å². The Balaban J connectivity index is 1.91. The van der Waals surface area contributed by atoms with Crippen molar-refractivity contribution in [2.75, 3.05) is 20.3 Å². The molecule has 0 aliphatic carbocycles. The van der Waals surface area contributed by atoms with Crippen LogP contribution in [-0.2, 0) is 14.2 Å². The van der Waals surface area contributed by atoms with E-state index in [0.29, 0.717) is 19.6 Å². The van der Waals surface area contributed by atoms with E-state index >= 15 is 0 Å². The molecule has 2 bridgehead atoms. The van der Waals surface area contributed by atoms with E-state index in [9.17, 15) is 9.59 Å². The third kappa shape index (κ3) is 1.71. The molecule has 1 N–H and O–H groups in total. The molecular weight excluding hydrogens is 240 g/mol. The van der Waals surface area contributed by atoms with Crippen molar-refractivity contribution < 1.29 is 14.2 Å². The predicted octanol–water partition coefficient (Wildman–Crippen LogP) is -0.760. The minimum atomic E-state index is -0.502. The number of nitrogens with zero attached hydrogens (tertiary/aromatic N) is 1. The van der Waals surface area contributed by atoms with Crippen molar-refractivity contribution in [2.45, 2.75) is 24.4 Å². The standard InChI is InChI=1S/C11H14N2O5/c1-16-5-11-4-7(17-6-11)9(18-11)13-3-2-8(14)12-10(13)15/h2-3,7,9H,4-6H2,1H3,(H,12,14,15)/t7?,9-,11+/m1/s1. The highest BCUT2D eigenvalue weighted by molar-refractivity contribution is 5.00. The van der Waals surface area contributed by atoms with Gasteiger partial charge in [-0.05, 0) is 0 Å². The van der Waals surface area contributed by atoms with Gasteiger partial charge in [-0.15, -0.1) is 0 Å². The molecule has 0 saturated carbocycles. The number of fused-ring (bicyclic) bond motifs is 2. The summed E-state index contributed by atoms with van der Waals surface area (Å²) >= 11 is 0. The van der Waals surface area contributed by atoms with Gasteiger partial charge in [-0.1, -0.05) is 0 Å². The fourth-order valence-electron chi connectivity index (χ4n) is 2.60. The van der Waals surface area contributed by atoms with Crippen LogP contribution in [0.2, 0.25) is 0 Å². The minimum Gasteiger partial charge on any atom is -0.382 e. The maximum absolute atomic E-state index is 11.7. The molecule has 0 radical (unpaired) electrons. The van der Waals surface area contributed by atoms with Crippen LogP contribution >= 0.6 is 0 Å². The Morgan fingerprint density at radius 2 is 2.44 bits per heavy atom. The van der Waals surface area contributed by atoms with E-state index in [2.05, 4.69) is 4.98 Å². The molecule has 3 rings (SSSR count). The van der Waals surface area contributed by atoms with E-state index in [1.54, 1.807) is 7.11 Å². The zero-order valence-corrected chi connectivity index (χ0v) is 9.92. The molecule has 2 aliphatic heterocycles. The molecule has 1 unspecified atom stereocenters. The summed E-state index contributed by atoms with van der Waals surface area (Å²) in [7, 11) is 1.60. The topological polar surface area (TPSA) is 82.5 Å². The van der Waals surface area contributed by atoms with Crippen molar-refractivity contribution in [2.24, 2.45) is 0 Å². The summed E-state index contributed by atoms with van der Waals surface area (Å²) in [5, 5.41) is 0. The zero-order chi connectivity index (χ0) is 12.8. The lowest BCUT2D eigenvalue weighted by Gasteiger charge is -2.30. The number of hydrogen-bond donors (Lipinski definition) is 1. The Morgan fingerprint density at radius 3 is 3.17 bits per heavy atom. The highest BCUT2D eigenvalue weighted by atomic mass is 16.6. The number of aromatic amines is 1. The van der Waals surface area contributed by atoms with Gasteiger partial charge < -0.3 is 14.2 Å². The second-order valence-corrected chi connectivity index (χ2v) is 4.70. The summed E-state index contributed by atoms with van der Waals surface area (Å²) in [4.78, 5) is 24.9. The summed E-state index contributed by atoms with van der Waals surface area (Å²) in [6.45, 7) is 0.901. The highest BCUT2D eigenvalue weighted by Gasteiger charge is 2.54. The molecule has 3 heterocycles.